The molecule has 3 rings (SSSR count). The predicted octanol–water partition coefficient (Wildman–Crippen LogP) is -4.64. The number of aliphatic carboxylic acids is 2. The number of fused-ring (bicyclic) bond motifs is 1. The molecule has 0 saturated heterocycles. The van der Waals surface area contributed by atoms with E-state index in [0.29, 0.717) is 22.0 Å². The van der Waals surface area contributed by atoms with Crippen LogP contribution in [0.2, 0.25) is 0 Å². The number of carbonyl (C=O) groups is 16. The summed E-state index contributed by atoms with van der Waals surface area (Å²) in [4.78, 5) is 217. The van der Waals surface area contributed by atoms with E-state index < -0.39 is 212 Å². The minimum Gasteiger partial charge on any atom is -0.481 e. The van der Waals surface area contributed by atoms with Crippen LogP contribution in [0.5, 0.6) is 0 Å². The third kappa shape index (κ3) is 29.0. The summed E-state index contributed by atoms with van der Waals surface area (Å²) in [5.74, 6) is -19.0. The molecule has 35 nitrogen and oxygen atoms in total. The smallest absolute Gasteiger partial charge is 0.322 e. The summed E-state index contributed by atoms with van der Waals surface area (Å²) in [5.41, 5.74) is 23.5. The van der Waals surface area contributed by atoms with Gasteiger partial charge in [-0.1, -0.05) is 90.1 Å². The summed E-state index contributed by atoms with van der Waals surface area (Å²) in [7, 11) is 0. The van der Waals surface area contributed by atoms with Crippen LogP contribution in [-0.2, 0) is 89.6 Å². The van der Waals surface area contributed by atoms with Gasteiger partial charge in [0.25, 0.3) is 0 Å². The minimum absolute atomic E-state index is 0.0935. The molecule has 3 aromatic rings. The van der Waals surface area contributed by atoms with Gasteiger partial charge in [0.2, 0.25) is 82.7 Å². The zero-order chi connectivity index (χ0) is 74.5. The van der Waals surface area contributed by atoms with Crippen LogP contribution in [0.25, 0.3) is 10.9 Å². The molecule has 1 aromatic heterocycles. The second-order valence-electron chi connectivity index (χ2n) is 25.1. The molecule has 99 heavy (non-hydrogen) atoms. The zero-order valence-corrected chi connectivity index (χ0v) is 56.4. The first-order chi connectivity index (χ1) is 46.4. The maximum Gasteiger partial charge on any atom is 0.322 e. The fourth-order valence-electron chi connectivity index (χ4n) is 10.0. The molecule has 35 heteroatoms. The summed E-state index contributed by atoms with van der Waals surface area (Å²) in [6.45, 7) is 11.4. The summed E-state index contributed by atoms with van der Waals surface area (Å²) < 4.78 is 0. The number of para-hydroxylation sites is 1. The van der Waals surface area contributed by atoms with Gasteiger partial charge in [-0.3, -0.25) is 76.7 Å². The number of hydrogen-bond donors (Lipinski definition) is 19. The van der Waals surface area contributed by atoms with Gasteiger partial charge >= 0.3 is 11.9 Å². The van der Waals surface area contributed by atoms with Gasteiger partial charge in [-0.25, -0.2) is 0 Å². The van der Waals surface area contributed by atoms with Crippen LogP contribution in [0.15, 0.2) is 60.8 Å². The van der Waals surface area contributed by atoms with Crippen LogP contribution in [-0.4, -0.2) is 194 Å². The van der Waals surface area contributed by atoms with E-state index in [1.54, 1.807) is 88.5 Å². The topological polar surface area (TPSA) is 586 Å². The molecule has 1 heterocycles. The lowest BCUT2D eigenvalue weighted by Crippen LogP contribution is -2.62. The standard InChI is InChI=1S/C64H94N16O19/c1-30(2)22-41(57(92)73-42(23-31(3)4)58(93)77-45(26-49(68)84)62(97)80-53(34(8)81)63(98)70-29-51(87)88)74-59(94)44(25-36-28-69-38-17-13-12-16-37(36)38)76-56(91)40(19-21-48(67)83)72-64(99)52(32(5)6)79-61(96)43(24-35-14-10-9-11-15-35)75-60(95)46(27-50(85)86)78-55(90)39(18-20-47(66)82)71-54(89)33(7)65/h9-17,28,30-34,39-46,52-53,69,81H,18-27,29,65H2,1-8H3,(H2,66,82)(H2,67,83)(H2,68,84)(H,70,98)(H,71,89)(H,72,99)(H,73,92)(H,74,94)(H,75,95)(H,76,91)(H,77,93)(H,78,90)(H,79,96)(H,80,97)(H,85,86)(H,87,88)/t33-,34+,39-,40-,41-,42-,43-,44-,45-,46-,52-,53-/m0/s1. The van der Waals surface area contributed by atoms with Gasteiger partial charge in [0.05, 0.1) is 25.0 Å². The molecule has 0 unspecified atom stereocenters. The van der Waals surface area contributed by atoms with Gasteiger partial charge in [0, 0.05) is 42.8 Å². The van der Waals surface area contributed by atoms with Crippen molar-refractivity contribution in [1.29, 1.82) is 0 Å². The number of carbonyl (C=O) groups excluding carboxylic acids is 14. The van der Waals surface area contributed by atoms with Gasteiger partial charge in [-0.2, -0.15) is 0 Å². The highest BCUT2D eigenvalue weighted by atomic mass is 16.4. The maximum atomic E-state index is 14.9. The van der Waals surface area contributed by atoms with E-state index in [1.165, 1.54) is 20.8 Å². The Balaban J connectivity index is 2.04. The average Bonchev–Trinajstić information content (AvgIpc) is 1.77. The van der Waals surface area contributed by atoms with E-state index in [9.17, 15) is 86.9 Å². The number of rotatable bonds is 43. The van der Waals surface area contributed by atoms with Crippen LogP contribution in [0.4, 0.5) is 0 Å². The first-order valence-corrected chi connectivity index (χ1v) is 32.0. The molecule has 0 aliphatic carbocycles. The van der Waals surface area contributed by atoms with E-state index >= 15 is 0 Å². The lowest BCUT2D eigenvalue weighted by molar-refractivity contribution is -0.141. The quantitative estimate of drug-likeness (QED) is 0.0253. The largest absolute Gasteiger partial charge is 0.481 e. The number of nitrogens with two attached hydrogens (primary N) is 4. The third-order valence-corrected chi connectivity index (χ3v) is 15.1. The molecule has 2 aromatic carbocycles. The van der Waals surface area contributed by atoms with E-state index in [1.807, 2.05) is 5.32 Å². The Hall–Kier alpha value is -10.6. The minimum atomic E-state index is -1.92. The fraction of sp³-hybridized carbons (Fsp3) is 0.531. The highest BCUT2D eigenvalue weighted by Crippen LogP contribution is 2.21. The Morgan fingerprint density at radius 3 is 1.29 bits per heavy atom. The monoisotopic (exact) mass is 1390 g/mol. The second kappa shape index (κ2) is 40.2. The number of aliphatic hydroxyl groups is 1. The third-order valence-electron chi connectivity index (χ3n) is 15.1. The molecular weight excluding hydrogens is 1300 g/mol. The molecule has 544 valence electrons. The van der Waals surface area contributed by atoms with Crippen molar-refractivity contribution in [3.63, 3.8) is 0 Å². The van der Waals surface area contributed by atoms with Gasteiger partial charge in [0.15, 0.2) is 0 Å². The van der Waals surface area contributed by atoms with Crippen LogP contribution < -0.4 is 81.4 Å². The molecule has 23 N–H and O–H groups in total. The highest BCUT2D eigenvalue weighted by Gasteiger charge is 2.39. The number of aromatic amines is 1. The molecule has 0 saturated carbocycles. The SMILES string of the molecule is CC(C)C[C@H](NC(=O)[C@H](Cc1c[nH]c2ccccc12)NC(=O)[C@H](CCC(N)=O)NC(=O)[C@@H](NC(=O)[C@H](Cc1ccccc1)NC(=O)[C@H](CC(=O)O)NC(=O)[C@H](CCC(N)=O)NC(=O)[C@H](C)N)C(C)C)C(=O)N[C@@H](CC(C)C)C(=O)N[C@@H](CC(N)=O)C(=O)N[C@H](C(=O)NCC(=O)O)[C@@H](C)O. The van der Waals surface area contributed by atoms with E-state index in [0.717, 1.165) is 6.92 Å². The van der Waals surface area contributed by atoms with Crippen molar-refractivity contribution in [3.05, 3.63) is 71.9 Å². The van der Waals surface area contributed by atoms with Gasteiger partial charge in [-0.15, -0.1) is 0 Å². The summed E-state index contributed by atoms with van der Waals surface area (Å²) in [5, 5.41) is 56.4. The Labute approximate surface area is 570 Å². The van der Waals surface area contributed by atoms with Crippen molar-refractivity contribution in [2.75, 3.05) is 6.54 Å². The molecule has 0 bridgehead atoms. The van der Waals surface area contributed by atoms with Crippen LogP contribution in [0.1, 0.15) is 118 Å². The van der Waals surface area contributed by atoms with Crippen molar-refractivity contribution < 1.29 is 92.0 Å². The Kier molecular flexibility index (Phi) is 33.6. The summed E-state index contributed by atoms with van der Waals surface area (Å²) in [6.07, 6.45) is -4.56. The number of carboxylic acids is 2. The summed E-state index contributed by atoms with van der Waals surface area (Å²) >= 11 is 0. The number of benzene rings is 2. The van der Waals surface area contributed by atoms with Crippen molar-refractivity contribution in [2.24, 2.45) is 40.7 Å². The number of primary amides is 3. The van der Waals surface area contributed by atoms with Crippen LogP contribution >= 0.6 is 0 Å². The average molecular weight is 1390 g/mol. The van der Waals surface area contributed by atoms with Gasteiger partial charge in [0.1, 0.15) is 67.0 Å². The highest BCUT2D eigenvalue weighted by molar-refractivity contribution is 6.01. The van der Waals surface area contributed by atoms with Gasteiger partial charge in [-0.05, 0) is 74.5 Å². The molecule has 0 fully saturated rings. The second-order valence-corrected chi connectivity index (χ2v) is 25.1. The number of aromatic nitrogens is 1. The first-order valence-electron chi connectivity index (χ1n) is 32.0. The maximum absolute atomic E-state index is 14.9. The fourth-order valence-corrected chi connectivity index (χ4v) is 10.0. The van der Waals surface area contributed by atoms with Crippen molar-refractivity contribution in [2.45, 2.75) is 192 Å². The molecule has 14 amide bonds. The zero-order valence-electron chi connectivity index (χ0n) is 56.4. The number of H-pyrrole nitrogens is 1. The lowest BCUT2D eigenvalue weighted by Gasteiger charge is -2.29. The molecule has 12 atom stereocenters. The van der Waals surface area contributed by atoms with Crippen molar-refractivity contribution in [3.8, 4) is 0 Å². The molecule has 0 aliphatic heterocycles. The predicted molar refractivity (Wildman–Crippen MR) is 354 cm³/mol. The van der Waals surface area contributed by atoms with E-state index in [2.05, 4.69) is 58.2 Å². The van der Waals surface area contributed by atoms with Gasteiger partial charge < -0.3 is 102 Å². The Morgan fingerprint density at radius 1 is 0.424 bits per heavy atom. The first kappa shape index (κ1) is 82.7. The number of aliphatic hydroxyl groups excluding tert-OH is 1. The van der Waals surface area contributed by atoms with Crippen molar-refractivity contribution in [1.82, 2.24) is 63.5 Å². The van der Waals surface area contributed by atoms with E-state index in [-0.39, 0.29) is 43.9 Å². The molecular formula is C64H94N16O19. The Bertz CT molecular complexity index is 3380. The molecule has 0 aliphatic rings. The molecule has 0 radical (unpaired) electrons. The van der Waals surface area contributed by atoms with Crippen LogP contribution in [0, 0.1) is 17.8 Å². The number of nitrogens with one attached hydrogen (secondary N) is 12. The van der Waals surface area contributed by atoms with E-state index in [4.69, 9.17) is 28.0 Å². The molecule has 0 spiro atoms. The van der Waals surface area contributed by atoms with Crippen LogP contribution in [0.3, 0.4) is 0 Å². The lowest BCUT2D eigenvalue weighted by atomic mass is 9.98. The number of hydrogen-bond acceptors (Lipinski definition) is 18. The number of carboxylic acid groups (broad SMARTS) is 2. The van der Waals surface area contributed by atoms with Crippen molar-refractivity contribution >= 4 is 106 Å². The Morgan fingerprint density at radius 2 is 0.828 bits per heavy atom. The normalized spacial score (nSPS) is 14.8. The number of amides is 14. The summed E-state index contributed by atoms with van der Waals surface area (Å²) in [6, 6.07) is -2.67.